The average molecular weight is 317 g/mol. The van der Waals surface area contributed by atoms with Crippen LogP contribution >= 0.6 is 0 Å². The second-order valence-electron chi connectivity index (χ2n) is 5.82. The van der Waals surface area contributed by atoms with Crippen LogP contribution in [0.3, 0.4) is 0 Å². The molecule has 23 heavy (non-hydrogen) atoms. The molecule has 0 bridgehead atoms. The van der Waals surface area contributed by atoms with Crippen molar-refractivity contribution in [1.29, 1.82) is 5.26 Å². The van der Waals surface area contributed by atoms with Crippen LogP contribution in [-0.2, 0) is 20.7 Å². The SMILES string of the molecule is CCCc1ccc(OC(=O)C2(C#N)COC(CCC)OC2)cc1. The molecule has 2 rings (SSSR count). The minimum absolute atomic E-state index is 0.000911. The summed E-state index contributed by atoms with van der Waals surface area (Å²) in [7, 11) is 0. The summed E-state index contributed by atoms with van der Waals surface area (Å²) in [4.78, 5) is 12.4. The largest absolute Gasteiger partial charge is 0.425 e. The van der Waals surface area contributed by atoms with Crippen molar-refractivity contribution in [3.05, 3.63) is 29.8 Å². The van der Waals surface area contributed by atoms with Gasteiger partial charge in [-0.1, -0.05) is 38.8 Å². The Bertz CT molecular complexity index is 553. The molecule has 5 nitrogen and oxygen atoms in total. The molecule has 0 amide bonds. The van der Waals surface area contributed by atoms with E-state index in [9.17, 15) is 10.1 Å². The van der Waals surface area contributed by atoms with Crippen molar-refractivity contribution < 1.29 is 19.0 Å². The Kier molecular flexibility index (Phi) is 6.14. The molecule has 1 heterocycles. The maximum Gasteiger partial charge on any atom is 0.336 e. The van der Waals surface area contributed by atoms with Crippen molar-refractivity contribution in [2.75, 3.05) is 13.2 Å². The van der Waals surface area contributed by atoms with Crippen molar-refractivity contribution in [3.8, 4) is 11.8 Å². The van der Waals surface area contributed by atoms with E-state index in [1.807, 2.05) is 25.1 Å². The lowest BCUT2D eigenvalue weighted by molar-refractivity contribution is -0.222. The fraction of sp³-hybridized carbons (Fsp3) is 0.556. The Morgan fingerprint density at radius 2 is 1.91 bits per heavy atom. The first kappa shape index (κ1) is 17.5. The normalized spacial score (nSPS) is 24.0. The van der Waals surface area contributed by atoms with E-state index in [1.165, 1.54) is 5.56 Å². The molecular formula is C18H23NO4. The molecule has 1 aromatic rings. The van der Waals surface area contributed by atoms with E-state index in [-0.39, 0.29) is 19.5 Å². The van der Waals surface area contributed by atoms with Gasteiger partial charge in [0.2, 0.25) is 5.41 Å². The molecule has 0 aliphatic carbocycles. The quantitative estimate of drug-likeness (QED) is 0.595. The van der Waals surface area contributed by atoms with Crippen molar-refractivity contribution in [2.24, 2.45) is 5.41 Å². The minimum atomic E-state index is -1.40. The maximum atomic E-state index is 12.4. The fourth-order valence-electron chi connectivity index (χ4n) is 2.41. The van der Waals surface area contributed by atoms with E-state index in [0.717, 1.165) is 25.7 Å². The summed E-state index contributed by atoms with van der Waals surface area (Å²) in [5.41, 5.74) is -0.208. The van der Waals surface area contributed by atoms with Crippen LogP contribution in [0.5, 0.6) is 5.75 Å². The van der Waals surface area contributed by atoms with Crippen LogP contribution in [0, 0.1) is 16.7 Å². The van der Waals surface area contributed by atoms with Crippen LogP contribution in [-0.4, -0.2) is 25.5 Å². The summed E-state index contributed by atoms with van der Waals surface area (Å²) in [6.07, 6.45) is 3.36. The van der Waals surface area contributed by atoms with Crippen molar-refractivity contribution in [3.63, 3.8) is 0 Å². The van der Waals surface area contributed by atoms with E-state index in [0.29, 0.717) is 5.75 Å². The van der Waals surface area contributed by atoms with Crippen LogP contribution in [0.4, 0.5) is 0 Å². The highest BCUT2D eigenvalue weighted by Gasteiger charge is 2.46. The summed E-state index contributed by atoms with van der Waals surface area (Å²) < 4.78 is 16.3. The third-order valence-electron chi connectivity index (χ3n) is 3.83. The van der Waals surface area contributed by atoms with Gasteiger partial charge >= 0.3 is 5.97 Å². The molecule has 1 aromatic carbocycles. The van der Waals surface area contributed by atoms with E-state index in [2.05, 4.69) is 6.92 Å². The van der Waals surface area contributed by atoms with Crippen LogP contribution < -0.4 is 4.74 Å². The highest BCUT2D eigenvalue weighted by Crippen LogP contribution is 2.28. The predicted octanol–water partition coefficient (Wildman–Crippen LogP) is 3.23. The molecule has 1 saturated heterocycles. The average Bonchev–Trinajstić information content (AvgIpc) is 2.58. The zero-order valence-corrected chi connectivity index (χ0v) is 13.7. The topological polar surface area (TPSA) is 68.6 Å². The first-order chi connectivity index (χ1) is 11.1. The Morgan fingerprint density at radius 3 is 2.43 bits per heavy atom. The molecule has 0 aromatic heterocycles. The van der Waals surface area contributed by atoms with Gasteiger partial charge in [-0.2, -0.15) is 5.26 Å². The highest BCUT2D eigenvalue weighted by molar-refractivity contribution is 5.82. The van der Waals surface area contributed by atoms with Crippen molar-refractivity contribution in [2.45, 2.75) is 45.8 Å². The van der Waals surface area contributed by atoms with E-state index in [4.69, 9.17) is 14.2 Å². The van der Waals surface area contributed by atoms with Crippen molar-refractivity contribution >= 4 is 5.97 Å². The molecule has 0 spiro atoms. The highest BCUT2D eigenvalue weighted by atomic mass is 16.7. The number of nitrogens with zero attached hydrogens (tertiary/aromatic N) is 1. The van der Waals surface area contributed by atoms with Gasteiger partial charge in [0.05, 0.1) is 19.3 Å². The predicted molar refractivity (Wildman–Crippen MR) is 84.7 cm³/mol. The van der Waals surface area contributed by atoms with Crippen LogP contribution in [0.15, 0.2) is 24.3 Å². The van der Waals surface area contributed by atoms with Gasteiger partial charge < -0.3 is 14.2 Å². The molecule has 124 valence electrons. The molecule has 0 radical (unpaired) electrons. The molecule has 0 unspecified atom stereocenters. The number of hydrogen-bond acceptors (Lipinski definition) is 5. The lowest BCUT2D eigenvalue weighted by Gasteiger charge is -2.33. The zero-order valence-electron chi connectivity index (χ0n) is 13.7. The smallest absolute Gasteiger partial charge is 0.336 e. The number of carbonyl (C=O) groups excluding carboxylic acids is 1. The Hall–Kier alpha value is -1.90. The number of ether oxygens (including phenoxy) is 3. The van der Waals surface area contributed by atoms with Gasteiger partial charge in [-0.3, -0.25) is 0 Å². The second kappa shape index (κ2) is 8.09. The first-order valence-corrected chi connectivity index (χ1v) is 8.09. The van der Waals surface area contributed by atoms with Gasteiger partial charge in [0.15, 0.2) is 6.29 Å². The Morgan fingerprint density at radius 1 is 1.26 bits per heavy atom. The van der Waals surface area contributed by atoms with E-state index < -0.39 is 11.4 Å². The number of aryl methyl sites for hydroxylation is 1. The lowest BCUT2D eigenvalue weighted by atomic mass is 9.91. The van der Waals surface area contributed by atoms with E-state index in [1.54, 1.807) is 12.1 Å². The van der Waals surface area contributed by atoms with Gasteiger partial charge in [0.1, 0.15) is 5.75 Å². The van der Waals surface area contributed by atoms with E-state index >= 15 is 0 Å². The molecule has 0 saturated carbocycles. The molecule has 1 fully saturated rings. The summed E-state index contributed by atoms with van der Waals surface area (Å²) >= 11 is 0. The Balaban J connectivity index is 1.99. The maximum absolute atomic E-state index is 12.4. The standard InChI is InChI=1S/C18H23NO4/c1-3-5-14-7-9-15(10-8-14)23-17(20)18(11-19)12-21-16(6-4-2)22-13-18/h7-10,16H,3-6,12-13H2,1-2H3. The summed E-state index contributed by atoms with van der Waals surface area (Å²) in [5.74, 6) is -0.196. The van der Waals surface area contributed by atoms with Gasteiger partial charge in [0, 0.05) is 0 Å². The van der Waals surface area contributed by atoms with Gasteiger partial charge in [-0.25, -0.2) is 4.79 Å². The fourth-order valence-corrected chi connectivity index (χ4v) is 2.41. The third kappa shape index (κ3) is 4.31. The van der Waals surface area contributed by atoms with Crippen LogP contribution in [0.2, 0.25) is 0 Å². The van der Waals surface area contributed by atoms with Crippen LogP contribution in [0.25, 0.3) is 0 Å². The molecule has 1 aliphatic heterocycles. The first-order valence-electron chi connectivity index (χ1n) is 8.09. The molecule has 5 heteroatoms. The molecular weight excluding hydrogens is 294 g/mol. The molecule has 0 N–H and O–H groups in total. The number of carbonyl (C=O) groups is 1. The molecule has 1 aliphatic rings. The van der Waals surface area contributed by atoms with Crippen molar-refractivity contribution in [1.82, 2.24) is 0 Å². The monoisotopic (exact) mass is 317 g/mol. The zero-order chi connectivity index (χ0) is 16.7. The van der Waals surface area contributed by atoms with Crippen LogP contribution in [0.1, 0.15) is 38.7 Å². The Labute approximate surface area is 137 Å². The van der Waals surface area contributed by atoms with Gasteiger partial charge in [0.25, 0.3) is 0 Å². The summed E-state index contributed by atoms with van der Waals surface area (Å²) in [5, 5.41) is 9.41. The number of benzene rings is 1. The minimum Gasteiger partial charge on any atom is -0.425 e. The second-order valence-corrected chi connectivity index (χ2v) is 5.82. The number of hydrogen-bond donors (Lipinski definition) is 0. The third-order valence-corrected chi connectivity index (χ3v) is 3.83. The number of nitriles is 1. The summed E-state index contributed by atoms with van der Waals surface area (Å²) in [6.45, 7) is 4.14. The lowest BCUT2D eigenvalue weighted by Crippen LogP contribution is -2.48. The number of esters is 1. The van der Waals surface area contributed by atoms with Gasteiger partial charge in [-0.05, 0) is 30.5 Å². The summed E-state index contributed by atoms with van der Waals surface area (Å²) in [6, 6.07) is 9.36. The van der Waals surface area contributed by atoms with Gasteiger partial charge in [-0.15, -0.1) is 0 Å². The molecule has 0 atom stereocenters. The number of rotatable bonds is 6.